The molecule has 0 spiro atoms. The lowest BCUT2D eigenvalue weighted by atomic mass is 9.84. The summed E-state index contributed by atoms with van der Waals surface area (Å²) in [5.41, 5.74) is -2.26. The second-order valence-electron chi connectivity index (χ2n) is 6.72. The third kappa shape index (κ3) is 2.94. The number of alkyl halides is 2. The summed E-state index contributed by atoms with van der Waals surface area (Å²) in [4.78, 5) is 27.4. The van der Waals surface area contributed by atoms with Gasteiger partial charge in [-0.05, 0) is 36.8 Å². The van der Waals surface area contributed by atoms with Gasteiger partial charge in [-0.1, -0.05) is 18.2 Å². The summed E-state index contributed by atoms with van der Waals surface area (Å²) < 4.78 is 48.5. The van der Waals surface area contributed by atoms with Gasteiger partial charge in [-0.15, -0.1) is 0 Å². The van der Waals surface area contributed by atoms with Gasteiger partial charge < -0.3 is 4.74 Å². The molecule has 1 aliphatic heterocycles. The Balaban J connectivity index is 1.76. The van der Waals surface area contributed by atoms with Crippen LogP contribution in [0.5, 0.6) is 0 Å². The molecule has 1 saturated carbocycles. The number of carbonyl (C=O) groups excluding carboxylic acids is 2. The van der Waals surface area contributed by atoms with Crippen molar-refractivity contribution in [3.63, 3.8) is 0 Å². The van der Waals surface area contributed by atoms with E-state index in [1.54, 1.807) is 30.3 Å². The van der Waals surface area contributed by atoms with Gasteiger partial charge in [-0.2, -0.15) is 0 Å². The predicted molar refractivity (Wildman–Crippen MR) is 93.8 cm³/mol. The molecule has 3 atom stereocenters. The number of nitrogens with zero attached hydrogens (tertiary/aromatic N) is 1. The van der Waals surface area contributed by atoms with Crippen molar-refractivity contribution in [2.45, 2.75) is 24.5 Å². The molecule has 2 aromatic carbocycles. The highest BCUT2D eigenvalue weighted by atomic mass is 19.3. The number of rotatable bonds is 4. The van der Waals surface area contributed by atoms with Gasteiger partial charge in [0.2, 0.25) is 0 Å². The zero-order chi connectivity index (χ0) is 19.9. The Morgan fingerprint density at radius 2 is 2.00 bits per heavy atom. The van der Waals surface area contributed by atoms with Crippen LogP contribution in [0.2, 0.25) is 0 Å². The Kier molecular flexibility index (Phi) is 4.41. The lowest BCUT2D eigenvalue weighted by molar-refractivity contribution is 0.0166. The average molecular weight is 388 g/mol. The Morgan fingerprint density at radius 3 is 2.68 bits per heavy atom. The van der Waals surface area contributed by atoms with E-state index < -0.39 is 35.7 Å². The normalized spacial score (nSPS) is 25.4. The van der Waals surface area contributed by atoms with Crippen LogP contribution < -0.4 is 5.32 Å². The van der Waals surface area contributed by atoms with E-state index in [-0.39, 0.29) is 23.6 Å². The highest BCUT2D eigenvalue weighted by Gasteiger charge is 2.64. The Hall–Kier alpha value is -3.16. The summed E-state index contributed by atoms with van der Waals surface area (Å²) in [6, 6.07) is 11.0. The van der Waals surface area contributed by atoms with Crippen molar-refractivity contribution in [3.8, 4) is 0 Å². The van der Waals surface area contributed by atoms with Crippen molar-refractivity contribution >= 4 is 18.2 Å². The fourth-order valence-corrected chi connectivity index (χ4v) is 3.51. The Labute approximate surface area is 158 Å². The third-order valence-corrected chi connectivity index (χ3v) is 4.99. The molecular formula is C20H15F3N2O3. The molecule has 5 nitrogen and oxygen atoms in total. The first-order valence-electron chi connectivity index (χ1n) is 8.62. The van der Waals surface area contributed by atoms with Crippen LogP contribution in [0.15, 0.2) is 53.5 Å². The minimum atomic E-state index is -3.06. The first-order valence-corrected chi connectivity index (χ1v) is 8.62. The van der Waals surface area contributed by atoms with Crippen LogP contribution in [0.25, 0.3) is 0 Å². The largest absolute Gasteiger partial charge is 0.461 e. The lowest BCUT2D eigenvalue weighted by Gasteiger charge is -2.34. The molecule has 1 heterocycles. The molecule has 28 heavy (non-hydrogen) atoms. The molecule has 8 heteroatoms. The number of fused-ring (bicyclic) bond motifs is 1. The van der Waals surface area contributed by atoms with Crippen molar-refractivity contribution in [1.29, 1.82) is 0 Å². The topological polar surface area (TPSA) is 67.8 Å². The molecular weight excluding hydrogens is 373 g/mol. The molecule has 0 unspecified atom stereocenters. The molecule has 2 aromatic rings. The number of ether oxygens (including phenoxy) is 1. The molecule has 1 aliphatic carbocycles. The monoisotopic (exact) mass is 388 g/mol. The first kappa shape index (κ1) is 18.2. The molecule has 1 N–H and O–H groups in total. The van der Waals surface area contributed by atoms with Crippen LogP contribution in [0, 0.1) is 11.7 Å². The maximum Gasteiger partial charge on any atom is 0.293 e. The van der Waals surface area contributed by atoms with E-state index in [2.05, 4.69) is 10.3 Å². The molecule has 0 radical (unpaired) electrons. The second kappa shape index (κ2) is 6.78. The number of hydrogen-bond donors (Lipinski definition) is 1. The van der Waals surface area contributed by atoms with E-state index in [9.17, 15) is 22.8 Å². The number of carbonyl (C=O) groups is 2. The Morgan fingerprint density at radius 1 is 1.25 bits per heavy atom. The average Bonchev–Trinajstić information content (AvgIpc) is 3.48. The van der Waals surface area contributed by atoms with Crippen LogP contribution in [-0.4, -0.2) is 30.7 Å². The molecule has 2 aliphatic rings. The van der Waals surface area contributed by atoms with E-state index in [0.717, 1.165) is 12.1 Å². The van der Waals surface area contributed by atoms with Gasteiger partial charge in [-0.25, -0.2) is 18.2 Å². The number of aliphatic imine (C=N–C) groups is 1. The third-order valence-electron chi connectivity index (χ3n) is 4.99. The summed E-state index contributed by atoms with van der Waals surface area (Å²) in [5, 5.41) is 2.38. The highest BCUT2D eigenvalue weighted by Crippen LogP contribution is 2.56. The van der Waals surface area contributed by atoms with E-state index >= 15 is 0 Å². The number of aldehydes is 1. The van der Waals surface area contributed by atoms with Crippen molar-refractivity contribution in [3.05, 3.63) is 71.0 Å². The van der Waals surface area contributed by atoms with Gasteiger partial charge >= 0.3 is 0 Å². The van der Waals surface area contributed by atoms with E-state index in [1.165, 1.54) is 6.07 Å². The van der Waals surface area contributed by atoms with Gasteiger partial charge in [0.1, 0.15) is 18.2 Å². The molecule has 0 aromatic heterocycles. The van der Waals surface area contributed by atoms with Gasteiger partial charge in [0.25, 0.3) is 18.4 Å². The number of hydrogen-bond acceptors (Lipinski definition) is 4. The minimum absolute atomic E-state index is 0.0604. The molecule has 1 fully saturated rings. The van der Waals surface area contributed by atoms with Crippen molar-refractivity contribution in [2.24, 2.45) is 10.9 Å². The van der Waals surface area contributed by atoms with Crippen LogP contribution in [0.3, 0.4) is 0 Å². The number of benzene rings is 2. The van der Waals surface area contributed by atoms with Gasteiger partial charge in [0.05, 0.1) is 0 Å². The lowest BCUT2D eigenvalue weighted by Crippen LogP contribution is -2.46. The minimum Gasteiger partial charge on any atom is -0.461 e. The van der Waals surface area contributed by atoms with Gasteiger partial charge in [-0.3, -0.25) is 14.9 Å². The number of amides is 1. The predicted octanol–water partition coefficient (Wildman–Crippen LogP) is 3.30. The zero-order valence-corrected chi connectivity index (χ0v) is 14.4. The first-order chi connectivity index (χ1) is 13.5. The quantitative estimate of drug-likeness (QED) is 0.818. The number of halogens is 3. The summed E-state index contributed by atoms with van der Waals surface area (Å²) in [6.45, 7) is 0. The highest BCUT2D eigenvalue weighted by molar-refractivity contribution is 6.04. The maximum absolute atomic E-state index is 14.5. The van der Waals surface area contributed by atoms with Crippen molar-refractivity contribution < 1.29 is 27.5 Å². The maximum atomic E-state index is 14.5. The van der Waals surface area contributed by atoms with E-state index in [0.29, 0.717) is 11.8 Å². The van der Waals surface area contributed by atoms with Crippen LogP contribution >= 0.6 is 0 Å². The zero-order valence-electron chi connectivity index (χ0n) is 14.4. The molecule has 1 amide bonds. The number of amidine groups is 1. The van der Waals surface area contributed by atoms with Crippen molar-refractivity contribution in [1.82, 2.24) is 5.32 Å². The van der Waals surface area contributed by atoms with E-state index in [4.69, 9.17) is 4.74 Å². The van der Waals surface area contributed by atoms with Crippen LogP contribution in [-0.2, 0) is 10.3 Å². The van der Waals surface area contributed by atoms with Crippen LogP contribution in [0.4, 0.5) is 13.2 Å². The van der Waals surface area contributed by atoms with Crippen molar-refractivity contribution in [2.75, 3.05) is 0 Å². The smallest absolute Gasteiger partial charge is 0.293 e. The summed E-state index contributed by atoms with van der Waals surface area (Å²) in [7, 11) is 0. The fraction of sp³-hybridized carbons (Fsp3) is 0.250. The molecule has 144 valence electrons. The van der Waals surface area contributed by atoms with Gasteiger partial charge in [0.15, 0.2) is 5.54 Å². The number of nitrogens with one attached hydrogen (secondary N) is 1. The Bertz CT molecular complexity index is 964. The summed E-state index contributed by atoms with van der Waals surface area (Å²) in [5.74, 6) is -2.22. The molecule has 4 rings (SSSR count). The van der Waals surface area contributed by atoms with Gasteiger partial charge in [0, 0.05) is 22.6 Å². The summed E-state index contributed by atoms with van der Waals surface area (Å²) in [6.07, 6.45) is -2.99. The standard InChI is InChI=1S/C20H15F3N2O3/c21-15-7-6-11(10-26)8-13(15)20(18(22)23)14-9-16(14)28-19(25-20)24-17(27)12-4-2-1-3-5-12/h1-8,10,14,16,18H,9H2,(H,24,25,27)/t14-,16+,20-/m0/s1. The molecule has 0 saturated heterocycles. The second-order valence-corrected chi connectivity index (χ2v) is 6.72. The summed E-state index contributed by atoms with van der Waals surface area (Å²) >= 11 is 0. The van der Waals surface area contributed by atoms with E-state index in [1.807, 2.05) is 0 Å². The SMILES string of the molecule is O=Cc1ccc(F)c([C@]2(C(F)F)N=C(NC(=O)c3ccccc3)O[C@@H]3C[C@@H]32)c1. The fourth-order valence-electron chi connectivity index (χ4n) is 3.51. The van der Waals surface area contributed by atoms with Crippen LogP contribution in [0.1, 0.15) is 32.7 Å². The molecule has 0 bridgehead atoms.